The van der Waals surface area contributed by atoms with Gasteiger partial charge in [0.2, 0.25) is 5.91 Å². The van der Waals surface area contributed by atoms with Gasteiger partial charge in [-0.3, -0.25) is 14.5 Å². The van der Waals surface area contributed by atoms with E-state index in [1.807, 2.05) is 17.5 Å². The van der Waals surface area contributed by atoms with Gasteiger partial charge in [0.05, 0.1) is 5.69 Å². The average Bonchev–Trinajstić information content (AvgIpc) is 3.43. The molecule has 0 atom stereocenters. The molecule has 0 radical (unpaired) electrons. The summed E-state index contributed by atoms with van der Waals surface area (Å²) < 4.78 is 0. The van der Waals surface area contributed by atoms with Gasteiger partial charge in [0.1, 0.15) is 5.54 Å². The van der Waals surface area contributed by atoms with Gasteiger partial charge in [-0.1, -0.05) is 51.0 Å². The summed E-state index contributed by atoms with van der Waals surface area (Å²) >= 11 is 1.35. The van der Waals surface area contributed by atoms with Crippen molar-refractivity contribution in [1.29, 1.82) is 0 Å². The molecule has 1 aliphatic heterocycles. The molecule has 2 N–H and O–H groups in total. The van der Waals surface area contributed by atoms with Crippen molar-refractivity contribution in [1.82, 2.24) is 15.2 Å². The van der Waals surface area contributed by atoms with Crippen molar-refractivity contribution in [2.45, 2.75) is 57.4 Å². The molecule has 0 bridgehead atoms. The van der Waals surface area contributed by atoms with Gasteiger partial charge in [-0.15, -0.1) is 11.3 Å². The van der Waals surface area contributed by atoms with Crippen LogP contribution in [0.15, 0.2) is 29.6 Å². The summed E-state index contributed by atoms with van der Waals surface area (Å²) in [5.41, 5.74) is 2.34. The van der Waals surface area contributed by atoms with Crippen LogP contribution in [0.1, 0.15) is 57.4 Å². The Kier molecular flexibility index (Phi) is 5.60. The summed E-state index contributed by atoms with van der Waals surface area (Å²) in [6.45, 7) is 4.38. The number of urea groups is 1. The molecule has 30 heavy (non-hydrogen) atoms. The van der Waals surface area contributed by atoms with Gasteiger partial charge in [-0.25, -0.2) is 9.78 Å². The third-order valence-electron chi connectivity index (χ3n) is 5.89. The fourth-order valence-electron chi connectivity index (χ4n) is 4.09. The summed E-state index contributed by atoms with van der Waals surface area (Å²) in [7, 11) is 0. The van der Waals surface area contributed by atoms with Crippen LogP contribution in [0.5, 0.6) is 0 Å². The number of carbonyl (C=O) groups excluding carboxylic acids is 3. The van der Waals surface area contributed by atoms with Crippen molar-refractivity contribution in [2.75, 3.05) is 11.9 Å². The van der Waals surface area contributed by atoms with E-state index in [0.717, 1.165) is 24.1 Å². The number of nitrogens with zero attached hydrogens (tertiary/aromatic N) is 2. The van der Waals surface area contributed by atoms with Gasteiger partial charge in [-0.05, 0) is 24.3 Å². The molecular weight excluding hydrogens is 400 g/mol. The van der Waals surface area contributed by atoms with Crippen molar-refractivity contribution >= 4 is 34.3 Å². The van der Waals surface area contributed by atoms with E-state index in [2.05, 4.69) is 41.6 Å². The quantitative estimate of drug-likeness (QED) is 0.680. The minimum Gasteiger partial charge on any atom is -0.323 e. The second kappa shape index (κ2) is 8.18. The number of imide groups is 1. The van der Waals surface area contributed by atoms with E-state index in [1.165, 1.54) is 21.8 Å². The summed E-state index contributed by atoms with van der Waals surface area (Å²) in [5.74, 6) is 0.00987. The van der Waals surface area contributed by atoms with Gasteiger partial charge in [0, 0.05) is 23.9 Å². The van der Waals surface area contributed by atoms with Crippen LogP contribution in [-0.4, -0.2) is 39.8 Å². The number of nitrogens with one attached hydrogen (secondary N) is 2. The minimum atomic E-state index is -0.733. The summed E-state index contributed by atoms with van der Waals surface area (Å²) in [5, 5.41) is 8.02. The van der Waals surface area contributed by atoms with Gasteiger partial charge >= 0.3 is 6.03 Å². The smallest absolute Gasteiger partial charge is 0.323 e. The van der Waals surface area contributed by atoms with E-state index in [4.69, 9.17) is 0 Å². The summed E-state index contributed by atoms with van der Waals surface area (Å²) in [4.78, 5) is 42.8. The molecule has 2 heterocycles. The molecule has 2 aliphatic rings. The first-order valence-electron chi connectivity index (χ1n) is 10.4. The number of amides is 4. The Balaban J connectivity index is 1.33. The Labute approximate surface area is 179 Å². The number of hydrogen-bond donors (Lipinski definition) is 2. The van der Waals surface area contributed by atoms with Gasteiger partial charge in [0.15, 0.2) is 5.13 Å². The standard InChI is InChI=1S/C22H26N4O3S/c1-14(2)15-5-7-16(8-6-15)17-13-30-20(23-17)24-18(27)9-12-26-19(28)22(25-21(26)29)10-3-4-11-22/h5-8,13-14H,3-4,9-12H2,1-2H3,(H,25,29)(H,23,24,27). The van der Waals surface area contributed by atoms with E-state index < -0.39 is 11.6 Å². The zero-order valence-electron chi connectivity index (χ0n) is 17.2. The Morgan fingerprint density at radius 3 is 2.60 bits per heavy atom. The first kappa shape index (κ1) is 20.5. The number of rotatable bonds is 6. The molecule has 1 saturated heterocycles. The number of anilines is 1. The fourth-order valence-corrected chi connectivity index (χ4v) is 4.83. The monoisotopic (exact) mass is 426 g/mol. The van der Waals surface area contributed by atoms with Crippen molar-refractivity contribution in [3.05, 3.63) is 35.2 Å². The van der Waals surface area contributed by atoms with E-state index in [1.54, 1.807) is 0 Å². The van der Waals surface area contributed by atoms with Gasteiger partial charge < -0.3 is 10.6 Å². The molecule has 7 nitrogen and oxygen atoms in total. The highest BCUT2D eigenvalue weighted by Crippen LogP contribution is 2.35. The van der Waals surface area contributed by atoms with Crippen LogP contribution in [0.25, 0.3) is 11.3 Å². The Hall–Kier alpha value is -2.74. The first-order valence-corrected chi connectivity index (χ1v) is 11.3. The van der Waals surface area contributed by atoms with Gasteiger partial charge in [-0.2, -0.15) is 0 Å². The maximum Gasteiger partial charge on any atom is 0.325 e. The molecule has 2 fully saturated rings. The molecule has 1 aromatic heterocycles. The Bertz CT molecular complexity index is 961. The van der Waals surface area contributed by atoms with E-state index in [0.29, 0.717) is 23.9 Å². The molecule has 0 unspecified atom stereocenters. The topological polar surface area (TPSA) is 91.4 Å². The van der Waals surface area contributed by atoms with Crippen molar-refractivity contribution in [2.24, 2.45) is 0 Å². The maximum atomic E-state index is 12.6. The van der Waals surface area contributed by atoms with Crippen LogP contribution in [0, 0.1) is 0 Å². The van der Waals surface area contributed by atoms with Crippen molar-refractivity contribution < 1.29 is 14.4 Å². The third-order valence-corrected chi connectivity index (χ3v) is 6.65. The van der Waals surface area contributed by atoms with Crippen LogP contribution in [0.3, 0.4) is 0 Å². The lowest BCUT2D eigenvalue weighted by molar-refractivity contribution is -0.131. The number of carbonyl (C=O) groups is 3. The number of benzene rings is 1. The zero-order valence-corrected chi connectivity index (χ0v) is 18.1. The Morgan fingerprint density at radius 2 is 1.93 bits per heavy atom. The maximum absolute atomic E-state index is 12.6. The molecule has 1 aromatic carbocycles. The summed E-state index contributed by atoms with van der Waals surface area (Å²) in [6, 6.07) is 7.86. The minimum absolute atomic E-state index is 0.0488. The molecule has 1 aliphatic carbocycles. The fraction of sp³-hybridized carbons (Fsp3) is 0.455. The van der Waals surface area contributed by atoms with Crippen LogP contribution in [-0.2, 0) is 9.59 Å². The van der Waals surface area contributed by atoms with Gasteiger partial charge in [0.25, 0.3) is 5.91 Å². The lowest BCUT2D eigenvalue weighted by Gasteiger charge is -2.19. The van der Waals surface area contributed by atoms with E-state index in [-0.39, 0.29) is 24.8 Å². The van der Waals surface area contributed by atoms with Crippen LogP contribution in [0.2, 0.25) is 0 Å². The molecule has 8 heteroatoms. The van der Waals surface area contributed by atoms with Crippen molar-refractivity contribution in [3.63, 3.8) is 0 Å². The molecule has 158 valence electrons. The number of aromatic nitrogens is 1. The third kappa shape index (κ3) is 3.96. The SMILES string of the molecule is CC(C)c1ccc(-c2csc(NC(=O)CCN3C(=O)NC4(CCCC4)C3=O)n2)cc1. The molecule has 4 rings (SSSR count). The van der Waals surface area contributed by atoms with Crippen LogP contribution >= 0.6 is 11.3 Å². The van der Waals surface area contributed by atoms with E-state index in [9.17, 15) is 14.4 Å². The number of hydrogen-bond acceptors (Lipinski definition) is 5. The molecule has 4 amide bonds. The van der Waals surface area contributed by atoms with Crippen LogP contribution < -0.4 is 10.6 Å². The highest BCUT2D eigenvalue weighted by molar-refractivity contribution is 7.14. The number of thiazole rings is 1. The highest BCUT2D eigenvalue weighted by Gasteiger charge is 2.52. The normalized spacial score (nSPS) is 17.8. The predicted molar refractivity (Wildman–Crippen MR) is 116 cm³/mol. The second-order valence-electron chi connectivity index (χ2n) is 8.29. The van der Waals surface area contributed by atoms with E-state index >= 15 is 0 Å². The molecule has 1 saturated carbocycles. The summed E-state index contributed by atoms with van der Waals surface area (Å²) in [6.07, 6.45) is 3.29. The Morgan fingerprint density at radius 1 is 1.23 bits per heavy atom. The lowest BCUT2D eigenvalue weighted by Crippen LogP contribution is -2.44. The average molecular weight is 427 g/mol. The second-order valence-corrected chi connectivity index (χ2v) is 9.15. The predicted octanol–water partition coefficient (Wildman–Crippen LogP) is 4.13. The molecule has 1 spiro atoms. The highest BCUT2D eigenvalue weighted by atomic mass is 32.1. The first-order chi connectivity index (χ1) is 14.4. The van der Waals surface area contributed by atoms with Crippen molar-refractivity contribution in [3.8, 4) is 11.3 Å². The van der Waals surface area contributed by atoms with Crippen LogP contribution in [0.4, 0.5) is 9.93 Å². The molecule has 2 aromatic rings. The largest absolute Gasteiger partial charge is 0.325 e. The lowest BCUT2D eigenvalue weighted by atomic mass is 9.98. The zero-order chi connectivity index (χ0) is 21.3. The molecular formula is C22H26N4O3S.